The molecule has 2 fully saturated rings. The van der Waals surface area contributed by atoms with Crippen LogP contribution in [-0.2, 0) is 35.1 Å². The average molecular weight is 586 g/mol. The van der Waals surface area contributed by atoms with Crippen molar-refractivity contribution in [1.29, 1.82) is 0 Å². The third kappa shape index (κ3) is 15.9. The van der Waals surface area contributed by atoms with Gasteiger partial charge in [0.25, 0.3) is 0 Å². The van der Waals surface area contributed by atoms with Crippen LogP contribution in [-0.4, -0.2) is 75.7 Å². The summed E-state index contributed by atoms with van der Waals surface area (Å²) in [4.78, 5) is 45.0. The number of ether oxygens (including phenoxy) is 3. The molecule has 42 heavy (non-hydrogen) atoms. The summed E-state index contributed by atoms with van der Waals surface area (Å²) in [5.74, 6) is 1.00. The van der Waals surface area contributed by atoms with E-state index in [1.165, 1.54) is 5.56 Å². The molecule has 3 N–H and O–H groups in total. The zero-order chi connectivity index (χ0) is 31.3. The molecule has 0 spiro atoms. The topological polar surface area (TPSA) is 135 Å². The van der Waals surface area contributed by atoms with Crippen LogP contribution in [0.2, 0.25) is 0 Å². The van der Waals surface area contributed by atoms with Gasteiger partial charge in [0, 0.05) is 18.4 Å². The minimum atomic E-state index is -0.633. The van der Waals surface area contributed by atoms with Gasteiger partial charge >= 0.3 is 0 Å². The Kier molecular flexibility index (Phi) is 18.1. The number of hydrogen-bond acceptors (Lipinski definition) is 7. The molecule has 2 aliphatic heterocycles. The molecule has 0 radical (unpaired) electrons. The fraction of sp³-hybridized carbons (Fsp3) is 0.500. The number of carbonyl (C=O) groups is 4. The van der Waals surface area contributed by atoms with Gasteiger partial charge in [0.2, 0.25) is 18.2 Å². The molecule has 2 aromatic rings. The Balaban J connectivity index is 0.000000337. The summed E-state index contributed by atoms with van der Waals surface area (Å²) < 4.78 is 14.9. The zero-order valence-corrected chi connectivity index (χ0v) is 25.7. The third-order valence-corrected chi connectivity index (χ3v) is 5.85. The second-order valence-corrected chi connectivity index (χ2v) is 9.88. The Hall–Kier alpha value is -3.76. The molecule has 0 bridgehead atoms. The molecule has 2 atom stereocenters. The number of nitrogens with one attached hydrogen (secondary N) is 3. The highest BCUT2D eigenvalue weighted by atomic mass is 16.6. The van der Waals surface area contributed by atoms with Crippen molar-refractivity contribution >= 4 is 24.0 Å². The number of rotatable bonds is 12. The first kappa shape index (κ1) is 36.3. The Bertz CT molecular complexity index is 1050. The van der Waals surface area contributed by atoms with Gasteiger partial charge in [-0.05, 0) is 44.9 Å². The summed E-state index contributed by atoms with van der Waals surface area (Å²) in [6.07, 6.45) is 1.06. The second-order valence-electron chi connectivity index (χ2n) is 9.88. The van der Waals surface area contributed by atoms with E-state index in [9.17, 15) is 19.2 Å². The van der Waals surface area contributed by atoms with E-state index < -0.39 is 18.1 Å². The lowest BCUT2D eigenvalue weighted by atomic mass is 10.0. The highest BCUT2D eigenvalue weighted by Crippen LogP contribution is 2.15. The number of carbonyl (C=O) groups excluding carboxylic acids is 4. The number of Topliss-reactive ketones (excluding diaryl/α,β-unsaturated/α-hetero) is 1. The van der Waals surface area contributed by atoms with Crippen LogP contribution >= 0.6 is 0 Å². The molecular weight excluding hydrogens is 538 g/mol. The van der Waals surface area contributed by atoms with E-state index in [0.29, 0.717) is 31.8 Å². The Morgan fingerprint density at radius 2 is 1.57 bits per heavy atom. The molecule has 3 amide bonds. The SMILES string of the molecule is CC.CC(C)NC(=O)CC1COC1.COc1ccc(C)cc1.O=CNCC(=O)NC(Cc1ccccc1)C(=O)C1CO1. The van der Waals surface area contributed by atoms with E-state index in [4.69, 9.17) is 14.2 Å². The smallest absolute Gasteiger partial charge is 0.239 e. The maximum Gasteiger partial charge on any atom is 0.239 e. The Morgan fingerprint density at radius 3 is 2.05 bits per heavy atom. The highest BCUT2D eigenvalue weighted by Gasteiger charge is 2.37. The lowest BCUT2D eigenvalue weighted by Crippen LogP contribution is -2.47. The van der Waals surface area contributed by atoms with Crippen molar-refractivity contribution in [3.05, 3.63) is 65.7 Å². The van der Waals surface area contributed by atoms with E-state index in [0.717, 1.165) is 24.5 Å². The van der Waals surface area contributed by atoms with Gasteiger partial charge in [-0.3, -0.25) is 19.2 Å². The van der Waals surface area contributed by atoms with Gasteiger partial charge in [-0.25, -0.2) is 0 Å². The van der Waals surface area contributed by atoms with Crippen LogP contribution in [0, 0.1) is 12.8 Å². The maximum atomic E-state index is 12.1. The van der Waals surface area contributed by atoms with Crippen molar-refractivity contribution in [1.82, 2.24) is 16.0 Å². The molecule has 0 aliphatic carbocycles. The lowest BCUT2D eigenvalue weighted by molar-refractivity contribution is -0.128. The van der Waals surface area contributed by atoms with Crippen molar-refractivity contribution < 1.29 is 33.4 Å². The fourth-order valence-corrected chi connectivity index (χ4v) is 3.61. The van der Waals surface area contributed by atoms with Gasteiger partial charge < -0.3 is 30.2 Å². The highest BCUT2D eigenvalue weighted by molar-refractivity contribution is 5.94. The van der Waals surface area contributed by atoms with Crippen LogP contribution in [0.15, 0.2) is 54.6 Å². The standard InChI is InChI=1S/C14H16N2O4.C8H15NO2.C8H10O.C2H6/c17-9-15-7-13(18)16-11(14(19)12-8-20-12)6-10-4-2-1-3-5-10;1-6(2)9-8(10)3-7-4-11-5-7;1-7-3-5-8(9-2)6-4-7;1-2/h1-5,9,11-12H,6-8H2,(H,15,17)(H,16,18);6-7H,3-5H2,1-2H3,(H,9,10);3-6H,1-2H3;1-2H3. The number of benzene rings is 2. The number of amides is 3. The van der Waals surface area contributed by atoms with Crippen molar-refractivity contribution in [2.75, 3.05) is 33.5 Å². The molecule has 2 heterocycles. The van der Waals surface area contributed by atoms with Crippen molar-refractivity contribution in [3.63, 3.8) is 0 Å². The molecule has 4 rings (SSSR count). The van der Waals surface area contributed by atoms with E-state index in [1.54, 1.807) is 7.11 Å². The summed E-state index contributed by atoms with van der Waals surface area (Å²) in [5.41, 5.74) is 2.21. The Labute approximate surface area is 249 Å². The first-order valence-electron chi connectivity index (χ1n) is 14.3. The van der Waals surface area contributed by atoms with Crippen LogP contribution in [0.5, 0.6) is 5.75 Å². The molecule has 2 saturated heterocycles. The first-order chi connectivity index (χ1) is 20.2. The minimum Gasteiger partial charge on any atom is -0.497 e. The molecular formula is C32H47N3O7. The number of methoxy groups -OCH3 is 1. The van der Waals surface area contributed by atoms with Gasteiger partial charge in [0.05, 0.1) is 39.5 Å². The van der Waals surface area contributed by atoms with Crippen LogP contribution in [0.3, 0.4) is 0 Å². The predicted molar refractivity (Wildman–Crippen MR) is 162 cm³/mol. The van der Waals surface area contributed by atoms with Gasteiger partial charge in [-0.15, -0.1) is 0 Å². The maximum absolute atomic E-state index is 12.1. The fourth-order valence-electron chi connectivity index (χ4n) is 3.61. The summed E-state index contributed by atoms with van der Waals surface area (Å²) >= 11 is 0. The monoisotopic (exact) mass is 585 g/mol. The van der Waals surface area contributed by atoms with Crippen LogP contribution in [0.1, 0.15) is 45.2 Å². The second kappa shape index (κ2) is 21.0. The summed E-state index contributed by atoms with van der Waals surface area (Å²) in [6, 6.07) is 17.0. The molecule has 2 unspecified atom stereocenters. The zero-order valence-electron chi connectivity index (χ0n) is 25.7. The lowest BCUT2D eigenvalue weighted by Gasteiger charge is -2.25. The quantitative estimate of drug-likeness (QED) is 0.257. The van der Waals surface area contributed by atoms with E-state index >= 15 is 0 Å². The number of epoxide rings is 1. The summed E-state index contributed by atoms with van der Waals surface area (Å²) in [5, 5.41) is 7.74. The van der Waals surface area contributed by atoms with E-state index in [1.807, 2.05) is 82.3 Å². The molecule has 0 aromatic heterocycles. The predicted octanol–water partition coefficient (Wildman–Crippen LogP) is 3.01. The van der Waals surface area contributed by atoms with Crippen molar-refractivity contribution in [2.24, 2.45) is 5.92 Å². The first-order valence-corrected chi connectivity index (χ1v) is 14.3. The van der Waals surface area contributed by atoms with Crippen LogP contribution in [0.4, 0.5) is 0 Å². The van der Waals surface area contributed by atoms with Gasteiger partial charge in [-0.2, -0.15) is 0 Å². The normalized spacial score (nSPS) is 15.4. The molecule has 10 nitrogen and oxygen atoms in total. The van der Waals surface area contributed by atoms with E-state index in [2.05, 4.69) is 22.9 Å². The summed E-state index contributed by atoms with van der Waals surface area (Å²) in [7, 11) is 1.67. The Morgan fingerprint density at radius 1 is 0.952 bits per heavy atom. The number of aryl methyl sites for hydroxylation is 1. The molecule has 2 aromatic carbocycles. The average Bonchev–Trinajstić information content (AvgIpc) is 3.81. The van der Waals surface area contributed by atoms with Gasteiger partial charge in [-0.1, -0.05) is 61.9 Å². The van der Waals surface area contributed by atoms with Gasteiger partial charge in [0.15, 0.2) is 5.78 Å². The molecule has 2 aliphatic rings. The number of ketones is 1. The summed E-state index contributed by atoms with van der Waals surface area (Å²) in [6.45, 7) is 11.8. The molecule has 10 heteroatoms. The third-order valence-electron chi connectivity index (χ3n) is 5.85. The largest absolute Gasteiger partial charge is 0.497 e. The van der Waals surface area contributed by atoms with E-state index in [-0.39, 0.29) is 24.3 Å². The van der Waals surface area contributed by atoms with Crippen molar-refractivity contribution in [2.45, 2.75) is 65.6 Å². The minimum absolute atomic E-state index is 0.131. The molecule has 232 valence electrons. The van der Waals surface area contributed by atoms with Gasteiger partial charge in [0.1, 0.15) is 11.9 Å². The van der Waals surface area contributed by atoms with Crippen molar-refractivity contribution in [3.8, 4) is 5.75 Å². The van der Waals surface area contributed by atoms with Crippen LogP contribution < -0.4 is 20.7 Å². The molecule has 0 saturated carbocycles. The van der Waals surface area contributed by atoms with Crippen LogP contribution in [0.25, 0.3) is 0 Å². The number of hydrogen-bond donors (Lipinski definition) is 3.